The average molecular weight is 780 g/mol. The monoisotopic (exact) mass is 781 g/mol. The van der Waals surface area contributed by atoms with Crippen molar-refractivity contribution < 1.29 is 19.2 Å². The molecule has 4 rings (SSSR count). The summed E-state index contributed by atoms with van der Waals surface area (Å²) in [5.41, 5.74) is 0. The molecule has 4 heterocycles. The molecule has 0 aromatic carbocycles. The van der Waals surface area contributed by atoms with Crippen molar-refractivity contribution in [2.45, 2.75) is 73.1 Å². The highest BCUT2D eigenvalue weighted by atomic mass is 16.2. The normalized spacial score (nSPS) is 27.9. The predicted molar refractivity (Wildman–Crippen MR) is 230 cm³/mol. The van der Waals surface area contributed by atoms with Crippen molar-refractivity contribution in [2.24, 2.45) is 0 Å². The molecule has 0 aromatic heterocycles. The molecule has 0 unspecified atom stereocenters. The molecule has 4 aliphatic heterocycles. The molecule has 8 N–H and O–H groups in total. The lowest BCUT2D eigenvalue weighted by Crippen LogP contribution is -2.42. The summed E-state index contributed by atoms with van der Waals surface area (Å²) >= 11 is 0. The summed E-state index contributed by atoms with van der Waals surface area (Å²) in [6.07, 6.45) is 3.88. The van der Waals surface area contributed by atoms with Gasteiger partial charge in [-0.15, -0.1) is 0 Å². The minimum Gasteiger partial charge on any atom is -0.358 e. The lowest BCUT2D eigenvalue weighted by molar-refractivity contribution is -0.122. The first-order valence-corrected chi connectivity index (χ1v) is 20.1. The Morgan fingerprint density at radius 2 is 0.571 bits per heavy atom. The van der Waals surface area contributed by atoms with Crippen molar-refractivity contribution in [3.8, 4) is 0 Å². The summed E-state index contributed by atoms with van der Waals surface area (Å²) in [6.45, 7) is 8.67. The molecule has 4 amide bonds. The zero-order valence-corrected chi connectivity index (χ0v) is 35.7. The molecule has 0 saturated carbocycles. The van der Waals surface area contributed by atoms with Crippen molar-refractivity contribution in [3.63, 3.8) is 0 Å². The van der Waals surface area contributed by atoms with Crippen LogP contribution in [0.25, 0.3) is 0 Å². The fourth-order valence-corrected chi connectivity index (χ4v) is 7.71. The van der Waals surface area contributed by atoms with Crippen LogP contribution < -0.4 is 42.5 Å². The van der Waals surface area contributed by atoms with E-state index < -0.39 is 0 Å². The molecule has 4 aliphatic rings. The highest BCUT2D eigenvalue weighted by Crippen LogP contribution is 2.26. The van der Waals surface area contributed by atoms with E-state index in [0.29, 0.717) is 50.3 Å². The minimum atomic E-state index is 0.0557. The van der Waals surface area contributed by atoms with Crippen LogP contribution in [0.4, 0.5) is 0 Å². The number of likely N-dealkylation sites (N-methyl/N-ethyl adjacent to an activating group) is 8. The first-order valence-electron chi connectivity index (χ1n) is 20.1. The number of likely N-dealkylation sites (tertiary alicyclic amines) is 4. The predicted octanol–water partition coefficient (Wildman–Crippen LogP) is -4.07. The van der Waals surface area contributed by atoms with Crippen molar-refractivity contribution >= 4 is 55.0 Å². The van der Waals surface area contributed by atoms with Gasteiger partial charge in [-0.05, 0) is 80.1 Å². The van der Waals surface area contributed by atoms with E-state index in [-0.39, 0.29) is 46.9 Å². The van der Waals surface area contributed by atoms with Gasteiger partial charge in [0.1, 0.15) is 0 Å². The Bertz CT molecular complexity index is 970. The Balaban J connectivity index is 0.000000373. The molecule has 0 bridgehead atoms. The Morgan fingerprint density at radius 3 is 0.714 bits per heavy atom. The maximum Gasteiger partial charge on any atom is 0.233 e. The molecule has 312 valence electrons. The van der Waals surface area contributed by atoms with E-state index in [0.717, 1.165) is 78.0 Å². The van der Waals surface area contributed by atoms with E-state index in [1.807, 2.05) is 28.2 Å². The number of amides is 4. The zero-order chi connectivity index (χ0) is 42.2. The van der Waals surface area contributed by atoms with Crippen molar-refractivity contribution in [1.29, 1.82) is 0 Å². The highest BCUT2D eigenvalue weighted by molar-refractivity contribution is 6.12. The summed E-state index contributed by atoms with van der Waals surface area (Å²) in [6, 6.07) is 1.58. The fraction of sp³-hybridized carbons (Fsp3) is 0.889. The Morgan fingerprint density at radius 1 is 0.393 bits per heavy atom. The lowest BCUT2D eigenvalue weighted by Gasteiger charge is -2.23. The Labute approximate surface area is 343 Å². The average Bonchev–Trinajstić information content (AvgIpc) is 3.90. The van der Waals surface area contributed by atoms with Gasteiger partial charge in [-0.25, -0.2) is 0 Å². The number of nitrogens with one attached hydrogen (secondary N) is 8. The van der Waals surface area contributed by atoms with Gasteiger partial charge in [0, 0.05) is 78.5 Å². The standard InChI is InChI=1S/4C9H18BN3O/c4*1-11-4-8-3-7(10)5-13(8)6-9(14)12-2/h4*7-8,11H,3-6H2,1-2H3,(H,12,14)/t4*7-,8-/m0000/s1. The van der Waals surface area contributed by atoms with E-state index in [9.17, 15) is 19.2 Å². The van der Waals surface area contributed by atoms with E-state index in [2.05, 4.69) is 62.1 Å². The molecule has 4 saturated heterocycles. The second-order valence-corrected chi connectivity index (χ2v) is 15.2. The molecule has 20 heteroatoms. The number of carbonyl (C=O) groups excluding carboxylic acids is 4. The molecule has 8 atom stereocenters. The maximum atomic E-state index is 11.2. The van der Waals surface area contributed by atoms with E-state index in [1.165, 1.54) is 0 Å². The third-order valence-electron chi connectivity index (χ3n) is 10.5. The number of nitrogens with zero attached hydrogens (tertiary/aromatic N) is 4. The van der Waals surface area contributed by atoms with Gasteiger partial charge in [0.15, 0.2) is 0 Å². The quantitative estimate of drug-likeness (QED) is 0.0713. The fourth-order valence-electron chi connectivity index (χ4n) is 7.71. The molecular weight excluding hydrogens is 708 g/mol. The molecule has 0 aromatic rings. The second kappa shape index (κ2) is 29.1. The second-order valence-electron chi connectivity index (χ2n) is 15.2. The van der Waals surface area contributed by atoms with Gasteiger partial charge in [-0.1, -0.05) is 23.3 Å². The van der Waals surface area contributed by atoms with Gasteiger partial charge >= 0.3 is 0 Å². The van der Waals surface area contributed by atoms with Gasteiger partial charge < -0.3 is 42.5 Å². The van der Waals surface area contributed by atoms with E-state index in [4.69, 9.17) is 31.4 Å². The summed E-state index contributed by atoms with van der Waals surface area (Å²) in [5, 5.41) is 23.0. The number of hydrogen-bond donors (Lipinski definition) is 8. The maximum absolute atomic E-state index is 11.2. The molecule has 0 spiro atoms. The molecule has 16 nitrogen and oxygen atoms in total. The number of hydrogen-bond acceptors (Lipinski definition) is 12. The van der Waals surface area contributed by atoms with Crippen LogP contribution in [-0.2, 0) is 19.2 Å². The zero-order valence-electron chi connectivity index (χ0n) is 35.7. The number of rotatable bonds is 16. The van der Waals surface area contributed by atoms with Crippen LogP contribution >= 0.6 is 0 Å². The van der Waals surface area contributed by atoms with Crippen LogP contribution in [0.3, 0.4) is 0 Å². The highest BCUT2D eigenvalue weighted by Gasteiger charge is 2.32. The van der Waals surface area contributed by atoms with Crippen molar-refractivity contribution in [3.05, 3.63) is 0 Å². The van der Waals surface area contributed by atoms with Crippen LogP contribution in [0.1, 0.15) is 25.7 Å². The summed E-state index contributed by atoms with van der Waals surface area (Å²) in [7, 11) is 37.8. The third kappa shape index (κ3) is 20.0. The van der Waals surface area contributed by atoms with E-state index in [1.54, 1.807) is 28.2 Å². The van der Waals surface area contributed by atoms with Crippen LogP contribution in [0, 0.1) is 0 Å². The topological polar surface area (TPSA) is 177 Å². The van der Waals surface area contributed by atoms with Gasteiger partial charge in [0.25, 0.3) is 0 Å². The van der Waals surface area contributed by atoms with Crippen molar-refractivity contribution in [1.82, 2.24) is 62.1 Å². The Kier molecular flexibility index (Phi) is 26.9. The smallest absolute Gasteiger partial charge is 0.233 e. The molecule has 56 heavy (non-hydrogen) atoms. The molecule has 8 radical (unpaired) electrons. The van der Waals surface area contributed by atoms with Crippen LogP contribution in [0.5, 0.6) is 0 Å². The summed E-state index contributed by atoms with van der Waals surface area (Å²) in [4.78, 5) is 53.4. The summed E-state index contributed by atoms with van der Waals surface area (Å²) < 4.78 is 0. The van der Waals surface area contributed by atoms with Crippen molar-refractivity contribution in [2.75, 3.05) is 135 Å². The Hall–Kier alpha value is -2.18. The van der Waals surface area contributed by atoms with Gasteiger partial charge in [-0.3, -0.25) is 38.8 Å². The van der Waals surface area contributed by atoms with Crippen LogP contribution in [0.15, 0.2) is 0 Å². The van der Waals surface area contributed by atoms with E-state index >= 15 is 0 Å². The molecular formula is C36H72B4N12O4. The summed E-state index contributed by atoms with van der Waals surface area (Å²) in [5.74, 6) is 1.05. The van der Waals surface area contributed by atoms with Gasteiger partial charge in [0.05, 0.1) is 57.6 Å². The first-order chi connectivity index (χ1) is 26.7. The molecule has 4 fully saturated rings. The van der Waals surface area contributed by atoms with Crippen LogP contribution in [0.2, 0.25) is 23.3 Å². The van der Waals surface area contributed by atoms with Crippen LogP contribution in [-0.4, -0.2) is 234 Å². The minimum absolute atomic E-state index is 0.0557. The first kappa shape index (κ1) is 51.8. The third-order valence-corrected chi connectivity index (χ3v) is 10.5. The molecule has 0 aliphatic carbocycles. The van der Waals surface area contributed by atoms with Gasteiger partial charge in [-0.2, -0.15) is 0 Å². The SMILES string of the molecule is [B][C@H]1C[C@@H](CNC)N(CC(=O)NC)C1.[B][C@H]1C[C@@H](CNC)N(CC(=O)NC)C1.[B][C@H]1C[C@@H](CNC)N(CC(=O)NC)C1.[B][C@H]1C[C@@H](CNC)N(CC(=O)NC)C1. The van der Waals surface area contributed by atoms with Gasteiger partial charge in [0.2, 0.25) is 23.6 Å². The lowest BCUT2D eigenvalue weighted by atomic mass is 9.85. The number of carbonyl (C=O) groups is 4. The largest absolute Gasteiger partial charge is 0.358 e.